The van der Waals surface area contributed by atoms with Crippen molar-refractivity contribution in [2.24, 2.45) is 5.41 Å². The SMILES string of the molecule is CC(N(C)Cc1cccc(Br)c1)C(C)(C)C. The molecule has 16 heavy (non-hydrogen) atoms. The van der Waals surface area contributed by atoms with Gasteiger partial charge in [0.15, 0.2) is 0 Å². The number of hydrogen-bond acceptors (Lipinski definition) is 1. The average Bonchev–Trinajstić information content (AvgIpc) is 2.15. The van der Waals surface area contributed by atoms with E-state index in [1.165, 1.54) is 5.56 Å². The Kier molecular flexibility index (Phi) is 4.57. The van der Waals surface area contributed by atoms with Crippen LogP contribution in [-0.2, 0) is 6.54 Å². The maximum absolute atomic E-state index is 3.51. The first kappa shape index (κ1) is 13.7. The Hall–Kier alpha value is -0.340. The molecule has 0 aliphatic heterocycles. The maximum atomic E-state index is 3.51. The lowest BCUT2D eigenvalue weighted by Crippen LogP contribution is -2.38. The molecule has 0 aliphatic carbocycles. The summed E-state index contributed by atoms with van der Waals surface area (Å²) in [6, 6.07) is 9.08. The Bertz CT molecular complexity index is 341. The molecule has 90 valence electrons. The zero-order valence-electron chi connectivity index (χ0n) is 10.9. The van der Waals surface area contributed by atoms with E-state index in [9.17, 15) is 0 Å². The van der Waals surface area contributed by atoms with E-state index in [1.807, 2.05) is 0 Å². The highest BCUT2D eigenvalue weighted by Gasteiger charge is 2.23. The molecule has 0 radical (unpaired) electrons. The average molecular weight is 284 g/mol. The Balaban J connectivity index is 2.68. The van der Waals surface area contributed by atoms with Gasteiger partial charge in [0, 0.05) is 17.1 Å². The second kappa shape index (κ2) is 5.33. The van der Waals surface area contributed by atoms with Crippen LogP contribution in [0.1, 0.15) is 33.3 Å². The van der Waals surface area contributed by atoms with E-state index in [0.717, 1.165) is 11.0 Å². The van der Waals surface area contributed by atoms with Crippen LogP contribution in [0.4, 0.5) is 0 Å². The van der Waals surface area contributed by atoms with Crippen molar-refractivity contribution >= 4 is 15.9 Å². The topological polar surface area (TPSA) is 3.24 Å². The van der Waals surface area contributed by atoms with Gasteiger partial charge in [0.1, 0.15) is 0 Å². The third-order valence-corrected chi connectivity index (χ3v) is 3.73. The van der Waals surface area contributed by atoms with Crippen LogP contribution in [0.2, 0.25) is 0 Å². The summed E-state index contributed by atoms with van der Waals surface area (Å²) in [5.41, 5.74) is 1.67. The molecular formula is C14H22BrN. The minimum atomic E-state index is 0.320. The predicted molar refractivity (Wildman–Crippen MR) is 74.5 cm³/mol. The molecule has 0 saturated carbocycles. The van der Waals surface area contributed by atoms with Crippen molar-refractivity contribution in [2.45, 2.75) is 40.3 Å². The van der Waals surface area contributed by atoms with Crippen LogP contribution in [0.3, 0.4) is 0 Å². The molecule has 0 aromatic heterocycles. The summed E-state index contributed by atoms with van der Waals surface area (Å²) < 4.78 is 1.15. The second-order valence-electron chi connectivity index (χ2n) is 5.59. The van der Waals surface area contributed by atoms with Crippen LogP contribution in [0.5, 0.6) is 0 Å². The van der Waals surface area contributed by atoms with Gasteiger partial charge in [-0.3, -0.25) is 4.90 Å². The lowest BCUT2D eigenvalue weighted by molar-refractivity contribution is 0.134. The molecule has 0 spiro atoms. The Morgan fingerprint density at radius 3 is 2.44 bits per heavy atom. The molecule has 0 bridgehead atoms. The first-order valence-electron chi connectivity index (χ1n) is 5.75. The van der Waals surface area contributed by atoms with Gasteiger partial charge in [0.2, 0.25) is 0 Å². The van der Waals surface area contributed by atoms with E-state index < -0.39 is 0 Å². The number of rotatable bonds is 3. The Labute approximate surface area is 108 Å². The zero-order valence-corrected chi connectivity index (χ0v) is 12.5. The van der Waals surface area contributed by atoms with Crippen molar-refractivity contribution in [1.29, 1.82) is 0 Å². The lowest BCUT2D eigenvalue weighted by atomic mass is 9.87. The van der Waals surface area contributed by atoms with Gasteiger partial charge in [-0.25, -0.2) is 0 Å². The highest BCUT2D eigenvalue weighted by Crippen LogP contribution is 2.24. The number of hydrogen-bond donors (Lipinski definition) is 0. The number of nitrogens with zero attached hydrogens (tertiary/aromatic N) is 1. The van der Waals surface area contributed by atoms with E-state index in [0.29, 0.717) is 11.5 Å². The molecule has 1 nitrogen and oxygen atoms in total. The lowest BCUT2D eigenvalue weighted by Gasteiger charge is -2.35. The van der Waals surface area contributed by atoms with Crippen LogP contribution in [0, 0.1) is 5.41 Å². The van der Waals surface area contributed by atoms with Crippen LogP contribution < -0.4 is 0 Å². The first-order chi connectivity index (χ1) is 7.30. The van der Waals surface area contributed by atoms with Gasteiger partial charge >= 0.3 is 0 Å². The van der Waals surface area contributed by atoms with E-state index in [1.54, 1.807) is 0 Å². The fraction of sp³-hybridized carbons (Fsp3) is 0.571. The van der Waals surface area contributed by atoms with Gasteiger partial charge < -0.3 is 0 Å². The van der Waals surface area contributed by atoms with Crippen molar-refractivity contribution in [2.75, 3.05) is 7.05 Å². The van der Waals surface area contributed by atoms with Gasteiger partial charge in [-0.15, -0.1) is 0 Å². The smallest absolute Gasteiger partial charge is 0.0234 e. The molecule has 0 aliphatic rings. The van der Waals surface area contributed by atoms with Crippen molar-refractivity contribution in [3.63, 3.8) is 0 Å². The van der Waals surface area contributed by atoms with Crippen molar-refractivity contribution in [3.05, 3.63) is 34.3 Å². The minimum Gasteiger partial charge on any atom is -0.299 e. The summed E-state index contributed by atoms with van der Waals surface area (Å²) in [6.07, 6.45) is 0. The molecule has 0 heterocycles. The molecule has 0 N–H and O–H groups in total. The van der Waals surface area contributed by atoms with Crippen molar-refractivity contribution in [1.82, 2.24) is 4.90 Å². The Morgan fingerprint density at radius 1 is 1.31 bits per heavy atom. The third-order valence-electron chi connectivity index (χ3n) is 3.24. The molecule has 1 unspecified atom stereocenters. The van der Waals surface area contributed by atoms with Crippen LogP contribution >= 0.6 is 15.9 Å². The largest absolute Gasteiger partial charge is 0.299 e. The maximum Gasteiger partial charge on any atom is 0.0234 e. The third kappa shape index (κ3) is 3.91. The predicted octanol–water partition coefficient (Wildman–Crippen LogP) is 4.32. The van der Waals surface area contributed by atoms with Gasteiger partial charge in [-0.05, 0) is 37.1 Å². The fourth-order valence-electron chi connectivity index (χ4n) is 1.72. The standard InChI is InChI=1S/C14H22BrN/c1-11(14(2,3)4)16(5)10-12-7-6-8-13(15)9-12/h6-9,11H,10H2,1-5H3. The summed E-state index contributed by atoms with van der Waals surface area (Å²) in [7, 11) is 2.19. The monoisotopic (exact) mass is 283 g/mol. The van der Waals surface area contributed by atoms with E-state index in [4.69, 9.17) is 0 Å². The normalized spacial score (nSPS) is 14.2. The minimum absolute atomic E-state index is 0.320. The molecule has 1 atom stereocenters. The molecule has 0 fully saturated rings. The van der Waals surface area contributed by atoms with E-state index in [-0.39, 0.29) is 0 Å². The van der Waals surface area contributed by atoms with Crippen LogP contribution in [0.25, 0.3) is 0 Å². The molecule has 2 heteroatoms. The molecule has 1 rings (SSSR count). The summed E-state index contributed by atoms with van der Waals surface area (Å²) in [5.74, 6) is 0. The highest BCUT2D eigenvalue weighted by molar-refractivity contribution is 9.10. The van der Waals surface area contributed by atoms with Gasteiger partial charge in [-0.1, -0.05) is 48.8 Å². The molecule has 0 saturated heterocycles. The van der Waals surface area contributed by atoms with Gasteiger partial charge in [0.25, 0.3) is 0 Å². The van der Waals surface area contributed by atoms with Gasteiger partial charge in [-0.2, -0.15) is 0 Å². The van der Waals surface area contributed by atoms with Crippen LogP contribution in [-0.4, -0.2) is 18.0 Å². The van der Waals surface area contributed by atoms with Crippen molar-refractivity contribution in [3.8, 4) is 0 Å². The molecular weight excluding hydrogens is 262 g/mol. The summed E-state index contributed by atoms with van der Waals surface area (Å²) in [5, 5.41) is 0. The summed E-state index contributed by atoms with van der Waals surface area (Å²) in [6.45, 7) is 10.1. The number of benzene rings is 1. The van der Waals surface area contributed by atoms with Crippen molar-refractivity contribution < 1.29 is 0 Å². The van der Waals surface area contributed by atoms with E-state index >= 15 is 0 Å². The first-order valence-corrected chi connectivity index (χ1v) is 6.54. The highest BCUT2D eigenvalue weighted by atomic mass is 79.9. The second-order valence-corrected chi connectivity index (χ2v) is 6.50. The fourth-order valence-corrected chi connectivity index (χ4v) is 2.17. The Morgan fingerprint density at radius 2 is 1.94 bits per heavy atom. The molecule has 1 aromatic rings. The summed E-state index contributed by atoms with van der Waals surface area (Å²) in [4.78, 5) is 2.40. The van der Waals surface area contributed by atoms with Gasteiger partial charge in [0.05, 0.1) is 0 Å². The van der Waals surface area contributed by atoms with Crippen LogP contribution in [0.15, 0.2) is 28.7 Å². The zero-order chi connectivity index (χ0) is 12.3. The quantitative estimate of drug-likeness (QED) is 0.799. The molecule has 0 amide bonds. The molecule has 1 aromatic carbocycles. The number of halogens is 1. The summed E-state index contributed by atoms with van der Waals surface area (Å²) >= 11 is 3.51. The van der Waals surface area contributed by atoms with E-state index in [2.05, 4.69) is 79.8 Å².